The highest BCUT2D eigenvalue weighted by atomic mass is 79.9. The van der Waals surface area contributed by atoms with E-state index in [2.05, 4.69) is 36.2 Å². The molecule has 10 heteroatoms. The van der Waals surface area contributed by atoms with Crippen molar-refractivity contribution in [2.24, 2.45) is 0 Å². The highest BCUT2D eigenvalue weighted by molar-refractivity contribution is 9.10. The van der Waals surface area contributed by atoms with Gasteiger partial charge in [-0.05, 0) is 40.2 Å². The Labute approximate surface area is 180 Å². The maximum Gasteiger partial charge on any atom is 0.258 e. The molecule has 30 heavy (non-hydrogen) atoms. The molecule has 0 aliphatic carbocycles. The second kappa shape index (κ2) is 10.4. The Morgan fingerprint density at radius 2 is 1.83 bits per heavy atom. The number of nitrogens with zero attached hydrogens (tertiary/aromatic N) is 3. The molecule has 2 heterocycles. The molecule has 0 aliphatic heterocycles. The highest BCUT2D eigenvalue weighted by Gasteiger charge is 2.12. The first-order valence-electron chi connectivity index (χ1n) is 8.66. The number of carbonyl (C=O) groups excluding carboxylic acids is 2. The summed E-state index contributed by atoms with van der Waals surface area (Å²) in [5.74, 6) is 0.609. The summed E-state index contributed by atoms with van der Waals surface area (Å²) in [7, 11) is 1.50. The van der Waals surface area contributed by atoms with Crippen molar-refractivity contribution in [3.63, 3.8) is 0 Å². The van der Waals surface area contributed by atoms with Gasteiger partial charge in [-0.25, -0.2) is 9.97 Å². The third-order valence-corrected chi connectivity index (χ3v) is 4.48. The molecule has 2 aromatic heterocycles. The zero-order valence-electron chi connectivity index (χ0n) is 15.9. The molecule has 0 atom stereocenters. The van der Waals surface area contributed by atoms with Crippen molar-refractivity contribution in [2.45, 2.75) is 6.61 Å². The number of rotatable bonds is 9. The molecular formula is C20H17BrN4O5. The van der Waals surface area contributed by atoms with Gasteiger partial charge in [0.25, 0.3) is 5.91 Å². The normalized spacial score (nSPS) is 10.3. The van der Waals surface area contributed by atoms with Gasteiger partial charge in [-0.15, -0.1) is 0 Å². The smallest absolute Gasteiger partial charge is 0.258 e. The predicted molar refractivity (Wildman–Crippen MR) is 111 cm³/mol. The fourth-order valence-corrected chi connectivity index (χ4v) is 2.74. The monoisotopic (exact) mass is 472 g/mol. The molecule has 0 aliphatic rings. The lowest BCUT2D eigenvalue weighted by atomic mass is 10.2. The van der Waals surface area contributed by atoms with Gasteiger partial charge in [0.1, 0.15) is 6.61 Å². The number of hydrogen-bond acceptors (Lipinski definition) is 8. The molecule has 0 saturated carbocycles. The van der Waals surface area contributed by atoms with Gasteiger partial charge in [-0.3, -0.25) is 19.9 Å². The molecule has 0 fully saturated rings. The van der Waals surface area contributed by atoms with Gasteiger partial charge in [0.15, 0.2) is 24.6 Å². The van der Waals surface area contributed by atoms with Gasteiger partial charge >= 0.3 is 0 Å². The van der Waals surface area contributed by atoms with E-state index in [4.69, 9.17) is 14.2 Å². The van der Waals surface area contributed by atoms with Crippen LogP contribution in [0.2, 0.25) is 0 Å². The third kappa shape index (κ3) is 5.58. The minimum atomic E-state index is -0.336. The number of benzene rings is 1. The molecule has 3 aromatic rings. The quantitative estimate of drug-likeness (QED) is 0.372. The summed E-state index contributed by atoms with van der Waals surface area (Å²) < 4.78 is 16.8. The molecule has 154 valence electrons. The number of aromatic nitrogens is 3. The number of aldehydes is 1. The van der Waals surface area contributed by atoms with Crippen molar-refractivity contribution >= 4 is 34.1 Å². The Morgan fingerprint density at radius 1 is 1.13 bits per heavy atom. The average molecular weight is 473 g/mol. The van der Waals surface area contributed by atoms with E-state index in [1.807, 2.05) is 0 Å². The lowest BCUT2D eigenvalue weighted by molar-refractivity contribution is 0.0483. The molecule has 0 spiro atoms. The summed E-state index contributed by atoms with van der Waals surface area (Å²) in [6.45, 7) is 0.153. The maximum atomic E-state index is 12.1. The number of pyridine rings is 1. The summed E-state index contributed by atoms with van der Waals surface area (Å²) in [6.07, 6.45) is 6.83. The van der Waals surface area contributed by atoms with Crippen LogP contribution < -0.4 is 14.8 Å². The summed E-state index contributed by atoms with van der Waals surface area (Å²) in [5, 5.41) is 2.61. The number of halogens is 1. The zero-order valence-corrected chi connectivity index (χ0v) is 17.5. The fraction of sp³-hybridized carbons (Fsp3) is 0.150. The van der Waals surface area contributed by atoms with Crippen molar-refractivity contribution in [2.75, 3.05) is 19.2 Å². The van der Waals surface area contributed by atoms with Gasteiger partial charge in [-0.2, -0.15) is 0 Å². The van der Waals surface area contributed by atoms with E-state index in [-0.39, 0.29) is 25.3 Å². The minimum absolute atomic E-state index is 0.0260. The lowest BCUT2D eigenvalue weighted by Crippen LogP contribution is -2.14. The molecule has 0 bridgehead atoms. The number of hydrogen-bond donors (Lipinski definition) is 1. The lowest BCUT2D eigenvalue weighted by Gasteiger charge is -2.14. The van der Waals surface area contributed by atoms with Crippen LogP contribution in [0.4, 0.5) is 5.95 Å². The molecule has 0 radical (unpaired) electrons. The summed E-state index contributed by atoms with van der Waals surface area (Å²) >= 11 is 3.31. The molecule has 0 unspecified atom stereocenters. The molecule has 3 rings (SSSR count). The summed E-state index contributed by atoms with van der Waals surface area (Å²) in [5.41, 5.74) is 1.52. The van der Waals surface area contributed by atoms with Crippen molar-refractivity contribution in [3.05, 3.63) is 70.2 Å². The first kappa shape index (κ1) is 21.3. The summed E-state index contributed by atoms with van der Waals surface area (Å²) in [6, 6.07) is 6.37. The number of methoxy groups -OCH3 is 1. The van der Waals surface area contributed by atoms with Crippen LogP contribution in [-0.4, -0.2) is 41.0 Å². The van der Waals surface area contributed by atoms with E-state index in [1.54, 1.807) is 24.3 Å². The van der Waals surface area contributed by atoms with Crippen molar-refractivity contribution in [1.29, 1.82) is 0 Å². The van der Waals surface area contributed by atoms with E-state index < -0.39 is 0 Å². The van der Waals surface area contributed by atoms with Gasteiger partial charge in [0, 0.05) is 53.1 Å². The summed E-state index contributed by atoms with van der Waals surface area (Å²) in [4.78, 5) is 35.4. The number of ether oxygens (including phenoxy) is 3. The van der Waals surface area contributed by atoms with Gasteiger partial charge in [-0.1, -0.05) is 0 Å². The predicted octanol–water partition coefficient (Wildman–Crippen LogP) is 3.26. The van der Waals surface area contributed by atoms with E-state index >= 15 is 0 Å². The van der Waals surface area contributed by atoms with E-state index in [9.17, 15) is 9.59 Å². The number of carbonyl (C=O) groups is 2. The van der Waals surface area contributed by atoms with E-state index in [0.717, 1.165) is 0 Å². The largest absolute Gasteiger partial charge is 0.485 e. The van der Waals surface area contributed by atoms with Crippen molar-refractivity contribution in [3.8, 4) is 11.5 Å². The van der Waals surface area contributed by atoms with Crippen LogP contribution >= 0.6 is 15.9 Å². The topological polar surface area (TPSA) is 113 Å². The SMILES string of the molecule is COCOc1cc(Br)c(C=O)cc1OCc1cnc(NC(=O)c2ccncc2)nc1. The first-order valence-corrected chi connectivity index (χ1v) is 9.45. The highest BCUT2D eigenvalue weighted by Crippen LogP contribution is 2.33. The Hall–Kier alpha value is -3.37. The van der Waals surface area contributed by atoms with Crippen LogP contribution in [-0.2, 0) is 11.3 Å². The maximum absolute atomic E-state index is 12.1. The van der Waals surface area contributed by atoms with Crippen LogP contribution in [0.5, 0.6) is 11.5 Å². The first-order chi connectivity index (χ1) is 14.6. The number of nitrogens with one attached hydrogen (secondary N) is 1. The fourth-order valence-electron chi connectivity index (χ4n) is 2.32. The van der Waals surface area contributed by atoms with Crippen LogP contribution in [0.15, 0.2) is 53.5 Å². The Balaban J connectivity index is 1.66. The molecule has 1 amide bonds. The van der Waals surface area contributed by atoms with Crippen LogP contribution in [0.1, 0.15) is 26.3 Å². The van der Waals surface area contributed by atoms with Crippen LogP contribution in [0.25, 0.3) is 0 Å². The third-order valence-electron chi connectivity index (χ3n) is 3.79. The molecule has 0 saturated heterocycles. The van der Waals surface area contributed by atoms with Gasteiger partial charge < -0.3 is 14.2 Å². The minimum Gasteiger partial charge on any atom is -0.485 e. The van der Waals surface area contributed by atoms with Crippen LogP contribution in [0.3, 0.4) is 0 Å². The number of anilines is 1. The molecular weight excluding hydrogens is 456 g/mol. The zero-order chi connectivity index (χ0) is 21.3. The standard InChI is InChI=1S/C20H17BrN4O5/c1-28-12-30-18-7-16(21)15(10-26)6-17(18)29-11-13-8-23-20(24-9-13)25-19(27)14-2-4-22-5-3-14/h2-10H,11-12H2,1H3,(H,23,24,25,27). The second-order valence-electron chi connectivity index (χ2n) is 5.88. The Morgan fingerprint density at radius 3 is 2.50 bits per heavy atom. The average Bonchev–Trinajstić information content (AvgIpc) is 2.78. The molecule has 1 N–H and O–H groups in total. The van der Waals surface area contributed by atoms with Gasteiger partial charge in [0.2, 0.25) is 5.95 Å². The van der Waals surface area contributed by atoms with Crippen molar-refractivity contribution in [1.82, 2.24) is 15.0 Å². The molecule has 9 nitrogen and oxygen atoms in total. The Bertz CT molecular complexity index is 1020. The van der Waals surface area contributed by atoms with Crippen molar-refractivity contribution < 1.29 is 23.8 Å². The number of amides is 1. The second-order valence-corrected chi connectivity index (χ2v) is 6.74. The van der Waals surface area contributed by atoms with Gasteiger partial charge in [0.05, 0.1) is 0 Å². The Kier molecular flexibility index (Phi) is 7.41. The van der Waals surface area contributed by atoms with E-state index in [0.29, 0.717) is 38.9 Å². The molecule has 1 aromatic carbocycles. The van der Waals surface area contributed by atoms with Crippen LogP contribution in [0, 0.1) is 0 Å². The van der Waals surface area contributed by atoms with E-state index in [1.165, 1.54) is 31.9 Å².